The van der Waals surface area contributed by atoms with Gasteiger partial charge in [-0.1, -0.05) is 0 Å². The number of nitrogens with two attached hydrogens (primary N) is 1. The molecule has 0 radical (unpaired) electrons. The molecule has 1 amide bonds. The fourth-order valence-electron chi connectivity index (χ4n) is 0.999. The van der Waals surface area contributed by atoms with Crippen molar-refractivity contribution in [3.63, 3.8) is 0 Å². The van der Waals surface area contributed by atoms with Gasteiger partial charge in [0.25, 0.3) is 18.3 Å². The van der Waals surface area contributed by atoms with Gasteiger partial charge in [0, 0.05) is 0 Å². The molecule has 0 aromatic carbocycles. The topological polar surface area (TPSA) is 99.1 Å². The van der Waals surface area contributed by atoms with Gasteiger partial charge in [0.05, 0.1) is 4.92 Å². The zero-order valence-corrected chi connectivity index (χ0v) is 7.49. The number of nitrogens with zero attached hydrogens (tertiary/aromatic N) is 2. The Morgan fingerprint density at radius 1 is 1.56 bits per heavy atom. The summed E-state index contributed by atoms with van der Waals surface area (Å²) in [6.45, 7) is 0. The third-order valence-corrected chi connectivity index (χ3v) is 1.65. The number of hydrogen-bond acceptors (Lipinski definition) is 4. The van der Waals surface area contributed by atoms with Crippen LogP contribution in [0.15, 0.2) is 6.07 Å². The van der Waals surface area contributed by atoms with Crippen molar-refractivity contribution in [3.8, 4) is 0 Å². The Labute approximate surface area is 86.0 Å². The molecule has 2 N–H and O–H groups in total. The maximum atomic E-state index is 13.0. The molecule has 0 unspecified atom stereocenters. The number of pyridine rings is 1. The van der Waals surface area contributed by atoms with E-state index >= 15 is 0 Å². The number of carbonyl (C=O) groups is 1. The standard InChI is InChI=1S/C7H4F3N3O3/c8-5(9)2-1-3(7(11)14)12-6(10)4(2)13(15)16/h1,5H,(H2,11,14). The highest BCUT2D eigenvalue weighted by molar-refractivity contribution is 5.91. The Morgan fingerprint density at radius 2 is 2.12 bits per heavy atom. The van der Waals surface area contributed by atoms with Crippen LogP contribution < -0.4 is 5.73 Å². The first-order valence-electron chi connectivity index (χ1n) is 3.77. The highest BCUT2D eigenvalue weighted by Gasteiger charge is 2.29. The zero-order chi connectivity index (χ0) is 12.5. The number of halogens is 3. The van der Waals surface area contributed by atoms with Crippen LogP contribution >= 0.6 is 0 Å². The summed E-state index contributed by atoms with van der Waals surface area (Å²) in [5.41, 5.74) is 1.21. The van der Waals surface area contributed by atoms with E-state index in [0.717, 1.165) is 0 Å². The van der Waals surface area contributed by atoms with Gasteiger partial charge in [-0.3, -0.25) is 14.9 Å². The van der Waals surface area contributed by atoms with Crippen LogP contribution in [0, 0.1) is 16.1 Å². The first kappa shape index (κ1) is 11.9. The monoisotopic (exact) mass is 235 g/mol. The first-order valence-corrected chi connectivity index (χ1v) is 3.77. The summed E-state index contributed by atoms with van der Waals surface area (Å²) in [6.07, 6.45) is -3.31. The molecule has 6 nitrogen and oxygen atoms in total. The summed E-state index contributed by atoms with van der Waals surface area (Å²) < 4.78 is 37.7. The van der Waals surface area contributed by atoms with Crippen LogP contribution in [0.5, 0.6) is 0 Å². The molecule has 16 heavy (non-hydrogen) atoms. The molecule has 0 atom stereocenters. The summed E-state index contributed by atoms with van der Waals surface area (Å²) >= 11 is 0. The van der Waals surface area contributed by atoms with E-state index in [0.29, 0.717) is 6.07 Å². The molecule has 1 aromatic rings. The molecule has 0 bridgehead atoms. The summed E-state index contributed by atoms with van der Waals surface area (Å²) in [5.74, 6) is -3.02. The normalized spacial score (nSPS) is 10.5. The third kappa shape index (κ3) is 2.07. The van der Waals surface area contributed by atoms with Crippen LogP contribution in [-0.2, 0) is 0 Å². The lowest BCUT2D eigenvalue weighted by Gasteiger charge is -2.03. The maximum absolute atomic E-state index is 13.0. The summed E-state index contributed by atoms with van der Waals surface area (Å²) in [4.78, 5) is 22.4. The number of carbonyl (C=O) groups excluding carboxylic acids is 1. The van der Waals surface area contributed by atoms with E-state index in [1.54, 1.807) is 0 Å². The Balaban J connectivity index is 3.51. The van der Waals surface area contributed by atoms with Gasteiger partial charge in [-0.15, -0.1) is 0 Å². The quantitative estimate of drug-likeness (QED) is 0.482. The second kappa shape index (κ2) is 4.13. The molecule has 0 saturated carbocycles. The second-order valence-corrected chi connectivity index (χ2v) is 2.66. The molecule has 0 aliphatic rings. The predicted molar refractivity (Wildman–Crippen MR) is 44.3 cm³/mol. The van der Waals surface area contributed by atoms with Crippen LogP contribution in [0.3, 0.4) is 0 Å². The van der Waals surface area contributed by atoms with Gasteiger partial charge in [-0.2, -0.15) is 4.39 Å². The minimum atomic E-state index is -3.31. The molecule has 1 heterocycles. The van der Waals surface area contributed by atoms with Crippen LogP contribution in [0.4, 0.5) is 18.9 Å². The number of nitro groups is 1. The largest absolute Gasteiger partial charge is 0.364 e. The summed E-state index contributed by atoms with van der Waals surface area (Å²) in [7, 11) is 0. The summed E-state index contributed by atoms with van der Waals surface area (Å²) in [5, 5.41) is 10.3. The van der Waals surface area contributed by atoms with Crippen molar-refractivity contribution in [2.24, 2.45) is 5.73 Å². The van der Waals surface area contributed by atoms with Crippen molar-refractivity contribution >= 4 is 11.6 Å². The number of hydrogen-bond donors (Lipinski definition) is 1. The average Bonchev–Trinajstić information content (AvgIpc) is 2.15. The van der Waals surface area contributed by atoms with Crippen molar-refractivity contribution in [1.82, 2.24) is 4.98 Å². The van der Waals surface area contributed by atoms with E-state index in [1.165, 1.54) is 0 Å². The molecule has 0 fully saturated rings. The van der Waals surface area contributed by atoms with Crippen molar-refractivity contribution in [1.29, 1.82) is 0 Å². The van der Waals surface area contributed by atoms with Gasteiger partial charge in [-0.25, -0.2) is 13.8 Å². The Hall–Kier alpha value is -2.19. The molecule has 0 aliphatic carbocycles. The van der Waals surface area contributed by atoms with E-state index in [9.17, 15) is 28.1 Å². The van der Waals surface area contributed by atoms with Gasteiger partial charge in [-0.05, 0) is 6.07 Å². The zero-order valence-electron chi connectivity index (χ0n) is 7.49. The molecule has 0 saturated heterocycles. The highest BCUT2D eigenvalue weighted by Crippen LogP contribution is 2.30. The van der Waals surface area contributed by atoms with E-state index in [4.69, 9.17) is 5.73 Å². The van der Waals surface area contributed by atoms with Crippen LogP contribution in [0.1, 0.15) is 22.5 Å². The second-order valence-electron chi connectivity index (χ2n) is 2.66. The number of primary amides is 1. The minimum absolute atomic E-state index is 0.397. The fourth-order valence-corrected chi connectivity index (χ4v) is 0.999. The Bertz CT molecular complexity index is 464. The predicted octanol–water partition coefficient (Wildman–Crippen LogP) is 1.17. The van der Waals surface area contributed by atoms with Gasteiger partial charge in [0.2, 0.25) is 0 Å². The van der Waals surface area contributed by atoms with Gasteiger partial charge in [0.1, 0.15) is 11.3 Å². The number of rotatable bonds is 3. The van der Waals surface area contributed by atoms with Gasteiger partial charge < -0.3 is 5.73 Å². The number of aromatic nitrogens is 1. The number of alkyl halides is 2. The molecular formula is C7H4F3N3O3. The molecule has 0 spiro atoms. The van der Waals surface area contributed by atoms with Crippen molar-refractivity contribution in [2.45, 2.75) is 6.43 Å². The van der Waals surface area contributed by atoms with Crippen molar-refractivity contribution in [3.05, 3.63) is 33.4 Å². The van der Waals surface area contributed by atoms with Crippen LogP contribution in [0.2, 0.25) is 0 Å². The smallest absolute Gasteiger partial charge is 0.332 e. The van der Waals surface area contributed by atoms with E-state index in [1.807, 2.05) is 0 Å². The Morgan fingerprint density at radius 3 is 2.50 bits per heavy atom. The molecule has 1 aromatic heterocycles. The van der Waals surface area contributed by atoms with E-state index in [-0.39, 0.29) is 0 Å². The van der Waals surface area contributed by atoms with Gasteiger partial charge in [0.15, 0.2) is 0 Å². The SMILES string of the molecule is NC(=O)c1cc(C(F)F)c([N+](=O)[O-])c(F)n1. The van der Waals surface area contributed by atoms with Crippen molar-refractivity contribution in [2.75, 3.05) is 0 Å². The molecule has 9 heteroatoms. The maximum Gasteiger partial charge on any atom is 0.332 e. The van der Waals surface area contributed by atoms with Crippen LogP contribution in [0.25, 0.3) is 0 Å². The molecule has 1 rings (SSSR count). The van der Waals surface area contributed by atoms with E-state index < -0.39 is 40.1 Å². The molecule has 0 aliphatic heterocycles. The average molecular weight is 235 g/mol. The van der Waals surface area contributed by atoms with Crippen molar-refractivity contribution < 1.29 is 22.9 Å². The van der Waals surface area contributed by atoms with E-state index in [2.05, 4.69) is 4.98 Å². The lowest BCUT2D eigenvalue weighted by Crippen LogP contribution is -2.15. The lowest BCUT2D eigenvalue weighted by atomic mass is 10.2. The minimum Gasteiger partial charge on any atom is -0.364 e. The molecular weight excluding hydrogens is 231 g/mol. The fraction of sp³-hybridized carbons (Fsp3) is 0.143. The third-order valence-electron chi connectivity index (χ3n) is 1.65. The molecule has 86 valence electrons. The number of amides is 1. The summed E-state index contributed by atoms with van der Waals surface area (Å²) in [6, 6.07) is 0.397. The Kier molecular flexibility index (Phi) is 3.06. The van der Waals surface area contributed by atoms with Crippen LogP contribution in [-0.4, -0.2) is 15.8 Å². The first-order chi connectivity index (χ1) is 7.34. The highest BCUT2D eigenvalue weighted by atomic mass is 19.3. The lowest BCUT2D eigenvalue weighted by molar-refractivity contribution is -0.389. The van der Waals surface area contributed by atoms with Gasteiger partial charge >= 0.3 is 5.69 Å².